The second-order valence-corrected chi connectivity index (χ2v) is 9.18. The average molecular weight is 462 g/mol. The molecule has 2 amide bonds. The smallest absolute Gasteiger partial charge is 0.358 e. The van der Waals surface area contributed by atoms with Gasteiger partial charge in [0.1, 0.15) is 11.5 Å². The number of aliphatic hydroxyl groups is 1. The van der Waals surface area contributed by atoms with Gasteiger partial charge in [-0.05, 0) is 57.4 Å². The Kier molecular flexibility index (Phi) is 6.60. The molecule has 0 aliphatic carbocycles. The zero-order chi connectivity index (χ0) is 24.7. The molecule has 9 nitrogen and oxygen atoms in total. The van der Waals surface area contributed by atoms with Crippen LogP contribution in [0.3, 0.4) is 0 Å². The third kappa shape index (κ3) is 4.75. The Balaban J connectivity index is 1.92. The second kappa shape index (κ2) is 8.93. The van der Waals surface area contributed by atoms with Gasteiger partial charge in [-0.2, -0.15) is 0 Å². The number of hydrogen-bond donors (Lipinski definition) is 2. The van der Waals surface area contributed by atoms with Crippen molar-refractivity contribution in [1.82, 2.24) is 4.90 Å². The number of esters is 2. The maximum Gasteiger partial charge on any atom is 0.358 e. The first-order chi connectivity index (χ1) is 15.3. The molecule has 1 aromatic carbocycles. The molecule has 178 valence electrons. The average Bonchev–Trinajstić information content (AvgIpc) is 3.03. The van der Waals surface area contributed by atoms with Gasteiger partial charge in [0.2, 0.25) is 18.6 Å². The van der Waals surface area contributed by atoms with Crippen LogP contribution in [0.2, 0.25) is 0 Å². The topological polar surface area (TPSA) is 122 Å². The molecule has 2 aliphatic heterocycles. The lowest BCUT2D eigenvalue weighted by Crippen LogP contribution is -2.61. The number of amides is 2. The molecule has 2 N–H and O–H groups in total. The number of carbonyl (C=O) groups excluding carboxylic acids is 4. The van der Waals surface area contributed by atoms with Crippen LogP contribution in [0.5, 0.6) is 0 Å². The summed E-state index contributed by atoms with van der Waals surface area (Å²) in [6.45, 7) is 7.04. The van der Waals surface area contributed by atoms with Crippen LogP contribution in [-0.4, -0.2) is 52.7 Å². The summed E-state index contributed by atoms with van der Waals surface area (Å²) in [5.41, 5.74) is -0.122. The molecule has 0 aromatic heterocycles. The Labute approximate surface area is 190 Å². The van der Waals surface area contributed by atoms with Crippen molar-refractivity contribution in [2.75, 3.05) is 12.1 Å². The Morgan fingerprint density at radius 2 is 1.94 bits per heavy atom. The van der Waals surface area contributed by atoms with Crippen molar-refractivity contribution in [3.05, 3.63) is 35.3 Å². The van der Waals surface area contributed by atoms with Crippen molar-refractivity contribution in [3.8, 4) is 0 Å². The van der Waals surface area contributed by atoms with Gasteiger partial charge < -0.3 is 24.8 Å². The molecule has 0 radical (unpaired) electrons. The van der Waals surface area contributed by atoms with E-state index in [0.29, 0.717) is 11.1 Å². The van der Waals surface area contributed by atoms with Gasteiger partial charge >= 0.3 is 11.9 Å². The number of anilines is 1. The molecule has 1 fully saturated rings. The van der Waals surface area contributed by atoms with E-state index < -0.39 is 59.8 Å². The highest BCUT2D eigenvalue weighted by Crippen LogP contribution is 2.47. The highest BCUT2D eigenvalue weighted by molar-refractivity contribution is 6.07. The van der Waals surface area contributed by atoms with Crippen molar-refractivity contribution in [2.45, 2.75) is 53.2 Å². The largest absolute Gasteiger partial charge is 0.427 e. The molecule has 3 atom stereocenters. The molecule has 2 aliphatic rings. The van der Waals surface area contributed by atoms with Crippen LogP contribution < -0.4 is 5.32 Å². The molecule has 2 heterocycles. The van der Waals surface area contributed by atoms with Crippen LogP contribution in [0.25, 0.3) is 5.57 Å². The van der Waals surface area contributed by atoms with Gasteiger partial charge in [0.15, 0.2) is 0 Å². The van der Waals surface area contributed by atoms with Crippen molar-refractivity contribution < 1.29 is 38.1 Å². The summed E-state index contributed by atoms with van der Waals surface area (Å²) in [5, 5.41) is 12.4. The summed E-state index contributed by atoms with van der Waals surface area (Å²) in [6.07, 6.45) is -0.704. The number of aliphatic hydroxyl groups excluding tert-OH is 1. The minimum atomic E-state index is -0.925. The Morgan fingerprint density at radius 3 is 2.52 bits per heavy atom. The monoisotopic (exact) mass is 462 g/mol. The van der Waals surface area contributed by atoms with E-state index in [0.717, 1.165) is 6.07 Å². The minimum Gasteiger partial charge on any atom is -0.427 e. The highest BCUT2D eigenvalue weighted by atomic mass is 19.1. The molecule has 0 bridgehead atoms. The van der Waals surface area contributed by atoms with Crippen LogP contribution >= 0.6 is 0 Å². The van der Waals surface area contributed by atoms with E-state index >= 15 is 0 Å². The van der Waals surface area contributed by atoms with E-state index in [1.165, 1.54) is 30.9 Å². The van der Waals surface area contributed by atoms with Gasteiger partial charge in [-0.15, -0.1) is 0 Å². The lowest BCUT2D eigenvalue weighted by Gasteiger charge is -2.44. The first kappa shape index (κ1) is 24.4. The van der Waals surface area contributed by atoms with Crippen LogP contribution in [0, 0.1) is 17.2 Å². The Bertz CT molecular complexity index is 1040. The van der Waals surface area contributed by atoms with E-state index in [1.807, 2.05) is 0 Å². The molecule has 0 spiro atoms. The summed E-state index contributed by atoms with van der Waals surface area (Å²) in [6, 6.07) is 3.47. The number of β-lactam (4-membered cyclic amide) rings is 1. The quantitative estimate of drug-likeness (QED) is 0.378. The predicted octanol–water partition coefficient (Wildman–Crippen LogP) is 2.20. The molecule has 1 aromatic rings. The number of benzene rings is 1. The van der Waals surface area contributed by atoms with Crippen molar-refractivity contribution in [1.29, 1.82) is 0 Å². The number of halogens is 1. The number of rotatable bonds is 6. The van der Waals surface area contributed by atoms with E-state index in [1.54, 1.807) is 20.8 Å². The molecule has 1 saturated heterocycles. The van der Waals surface area contributed by atoms with Crippen LogP contribution in [0.15, 0.2) is 23.9 Å². The molecule has 33 heavy (non-hydrogen) atoms. The fraction of sp³-hybridized carbons (Fsp3) is 0.478. The zero-order valence-corrected chi connectivity index (χ0v) is 19.1. The Hall–Kier alpha value is -3.27. The third-order valence-corrected chi connectivity index (χ3v) is 5.54. The number of hydrogen-bond acceptors (Lipinski definition) is 7. The number of nitrogens with one attached hydrogen (secondary N) is 1. The lowest BCUT2D eigenvalue weighted by molar-refractivity contribution is -0.175. The van der Waals surface area contributed by atoms with E-state index in [4.69, 9.17) is 9.47 Å². The van der Waals surface area contributed by atoms with Gasteiger partial charge in [-0.1, -0.05) is 6.07 Å². The lowest BCUT2D eigenvalue weighted by atomic mass is 9.82. The molecular weight excluding hydrogens is 435 g/mol. The summed E-state index contributed by atoms with van der Waals surface area (Å²) >= 11 is 0. The number of carbonyl (C=O) groups is 4. The van der Waals surface area contributed by atoms with Gasteiger partial charge in [0.05, 0.1) is 29.2 Å². The number of ether oxygens (including phenoxy) is 2. The van der Waals surface area contributed by atoms with Crippen LogP contribution in [-0.2, 0) is 28.7 Å². The molecule has 0 unspecified atom stereocenters. The van der Waals surface area contributed by atoms with E-state index in [9.17, 15) is 28.7 Å². The first-order valence-corrected chi connectivity index (χ1v) is 10.5. The molecule has 3 rings (SSSR count). The van der Waals surface area contributed by atoms with Crippen molar-refractivity contribution in [2.24, 2.45) is 11.3 Å². The molecule has 10 heteroatoms. The van der Waals surface area contributed by atoms with Crippen molar-refractivity contribution in [3.63, 3.8) is 0 Å². The molecule has 0 saturated carbocycles. The van der Waals surface area contributed by atoms with Gasteiger partial charge in [0, 0.05) is 6.92 Å². The maximum absolute atomic E-state index is 14.1. The first-order valence-electron chi connectivity index (χ1n) is 10.5. The summed E-state index contributed by atoms with van der Waals surface area (Å²) in [5.74, 6) is -3.72. The maximum atomic E-state index is 14.1. The van der Waals surface area contributed by atoms with Gasteiger partial charge in [-0.25, -0.2) is 9.18 Å². The summed E-state index contributed by atoms with van der Waals surface area (Å²) < 4.78 is 24.2. The van der Waals surface area contributed by atoms with E-state index in [2.05, 4.69) is 5.32 Å². The van der Waals surface area contributed by atoms with E-state index in [-0.39, 0.29) is 17.8 Å². The highest BCUT2D eigenvalue weighted by Gasteiger charge is 2.57. The Morgan fingerprint density at radius 1 is 1.27 bits per heavy atom. The van der Waals surface area contributed by atoms with Gasteiger partial charge in [-0.3, -0.25) is 14.4 Å². The molecular formula is C23H27FN2O7. The SMILES string of the molecule is CC(=O)Nc1cc(C2=C(C(=O)OCOC(=O)C(C)(C)C)N3C(=O)[C@H]([C@@H](C)O)[C@H]3C2)ccc1F. The van der Waals surface area contributed by atoms with Crippen LogP contribution in [0.4, 0.5) is 10.1 Å². The van der Waals surface area contributed by atoms with Crippen LogP contribution in [0.1, 0.15) is 46.6 Å². The summed E-state index contributed by atoms with van der Waals surface area (Å²) in [7, 11) is 0. The minimum absolute atomic E-state index is 0.0610. The second-order valence-electron chi connectivity index (χ2n) is 9.18. The van der Waals surface area contributed by atoms with Gasteiger partial charge in [0.25, 0.3) is 0 Å². The predicted molar refractivity (Wildman–Crippen MR) is 115 cm³/mol. The summed E-state index contributed by atoms with van der Waals surface area (Å²) in [4.78, 5) is 50.2. The number of nitrogens with zero attached hydrogens (tertiary/aromatic N) is 1. The normalized spacial score (nSPS) is 20.7. The fourth-order valence-electron chi connectivity index (χ4n) is 3.94. The van der Waals surface area contributed by atoms with Crippen molar-refractivity contribution >= 4 is 35.0 Å². The number of fused-ring (bicyclic) bond motifs is 1. The standard InChI is InChI=1S/C23H27FN2O7/c1-11(27)18-17-9-14(13-6-7-15(24)16(8-13)25-12(2)28)19(26(17)20(18)29)21(30)32-10-33-22(31)23(3,4)5/h6-8,11,17-18,27H,9-10H2,1-5H3,(H,25,28)/t11-,17-,18-/m1/s1. The fourth-order valence-corrected chi connectivity index (χ4v) is 3.94. The zero-order valence-electron chi connectivity index (χ0n) is 19.1. The third-order valence-electron chi connectivity index (χ3n) is 5.54.